The number of carbonyl (C=O) groups excluding carboxylic acids is 2. The second kappa shape index (κ2) is 7.14. The number of amides is 1. The molecule has 3 N–H and O–H groups in total. The lowest BCUT2D eigenvalue weighted by Gasteiger charge is -2.13. The monoisotopic (exact) mass is 269 g/mol. The van der Waals surface area contributed by atoms with E-state index in [1.54, 1.807) is 6.07 Å². The van der Waals surface area contributed by atoms with Crippen LogP contribution in [0.1, 0.15) is 18.5 Å². The van der Waals surface area contributed by atoms with Crippen LogP contribution in [-0.4, -0.2) is 46.3 Å². The minimum absolute atomic E-state index is 0.00199. The molecular formula is C11H15N3O5. The Bertz CT molecular complexity index is 443. The van der Waals surface area contributed by atoms with E-state index in [1.165, 1.54) is 13.3 Å². The third-order valence-electron chi connectivity index (χ3n) is 2.41. The van der Waals surface area contributed by atoms with Crippen LogP contribution in [0.4, 0.5) is 0 Å². The van der Waals surface area contributed by atoms with Gasteiger partial charge in [0.05, 0.1) is 13.5 Å². The molecule has 0 saturated carbocycles. The SMILES string of the molecule is COC(=O)CC[C@H](NC(=O)Cc1ccn[nH]1)C(=O)O. The number of nitrogens with zero attached hydrogens (tertiary/aromatic N) is 1. The predicted octanol–water partition coefficient (Wildman–Crippen LogP) is -0.525. The van der Waals surface area contributed by atoms with E-state index in [0.29, 0.717) is 5.69 Å². The van der Waals surface area contributed by atoms with Gasteiger partial charge in [0.1, 0.15) is 6.04 Å². The van der Waals surface area contributed by atoms with Gasteiger partial charge in [-0.05, 0) is 12.5 Å². The number of methoxy groups -OCH3 is 1. The van der Waals surface area contributed by atoms with Crippen molar-refractivity contribution in [1.29, 1.82) is 0 Å². The summed E-state index contributed by atoms with van der Waals surface area (Å²) in [5, 5.41) is 17.6. The van der Waals surface area contributed by atoms with E-state index in [9.17, 15) is 14.4 Å². The van der Waals surface area contributed by atoms with Crippen molar-refractivity contribution in [3.05, 3.63) is 18.0 Å². The summed E-state index contributed by atoms with van der Waals surface area (Å²) in [6.45, 7) is 0. The van der Waals surface area contributed by atoms with E-state index in [-0.39, 0.29) is 19.3 Å². The Hall–Kier alpha value is -2.38. The van der Waals surface area contributed by atoms with E-state index >= 15 is 0 Å². The molecule has 1 aromatic rings. The normalized spacial score (nSPS) is 11.6. The summed E-state index contributed by atoms with van der Waals surface area (Å²) < 4.78 is 4.41. The van der Waals surface area contributed by atoms with E-state index < -0.39 is 23.9 Å². The van der Waals surface area contributed by atoms with Crippen molar-refractivity contribution in [1.82, 2.24) is 15.5 Å². The number of nitrogens with one attached hydrogen (secondary N) is 2. The fourth-order valence-electron chi connectivity index (χ4n) is 1.42. The maximum atomic E-state index is 11.6. The van der Waals surface area contributed by atoms with Gasteiger partial charge in [-0.3, -0.25) is 14.7 Å². The highest BCUT2D eigenvalue weighted by Gasteiger charge is 2.21. The van der Waals surface area contributed by atoms with Gasteiger partial charge in [0.2, 0.25) is 5.91 Å². The molecule has 8 heteroatoms. The van der Waals surface area contributed by atoms with Crippen LogP contribution in [0.25, 0.3) is 0 Å². The van der Waals surface area contributed by atoms with Gasteiger partial charge in [-0.15, -0.1) is 0 Å². The Morgan fingerprint density at radius 3 is 2.79 bits per heavy atom. The first-order valence-electron chi connectivity index (χ1n) is 5.60. The van der Waals surface area contributed by atoms with E-state index in [2.05, 4.69) is 20.3 Å². The predicted molar refractivity (Wildman–Crippen MR) is 63.1 cm³/mol. The molecule has 1 heterocycles. The summed E-state index contributed by atoms with van der Waals surface area (Å²) >= 11 is 0. The molecular weight excluding hydrogens is 254 g/mol. The Kier molecular flexibility index (Phi) is 5.52. The van der Waals surface area contributed by atoms with Crippen LogP contribution in [0.2, 0.25) is 0 Å². The van der Waals surface area contributed by atoms with Gasteiger partial charge >= 0.3 is 11.9 Å². The Morgan fingerprint density at radius 2 is 2.26 bits per heavy atom. The molecule has 0 bridgehead atoms. The van der Waals surface area contributed by atoms with Crippen LogP contribution in [0, 0.1) is 0 Å². The highest BCUT2D eigenvalue weighted by atomic mass is 16.5. The number of aromatic nitrogens is 2. The highest BCUT2D eigenvalue weighted by Crippen LogP contribution is 2.01. The van der Waals surface area contributed by atoms with Gasteiger partial charge in [-0.2, -0.15) is 5.10 Å². The zero-order valence-corrected chi connectivity index (χ0v) is 10.4. The number of carboxylic acid groups (broad SMARTS) is 1. The smallest absolute Gasteiger partial charge is 0.326 e. The molecule has 1 rings (SSSR count). The number of rotatable bonds is 7. The summed E-state index contributed by atoms with van der Waals surface area (Å²) in [6, 6.07) is 0.499. The number of esters is 1. The molecule has 0 aliphatic rings. The van der Waals surface area contributed by atoms with Crippen LogP contribution in [0.15, 0.2) is 12.3 Å². The third-order valence-corrected chi connectivity index (χ3v) is 2.41. The number of carboxylic acids is 1. The van der Waals surface area contributed by atoms with Crippen LogP contribution >= 0.6 is 0 Å². The molecule has 19 heavy (non-hydrogen) atoms. The summed E-state index contributed by atoms with van der Waals surface area (Å²) in [6.07, 6.45) is 1.41. The molecule has 0 radical (unpaired) electrons. The number of hydrogen-bond donors (Lipinski definition) is 3. The van der Waals surface area contributed by atoms with Gasteiger partial charge in [-0.25, -0.2) is 4.79 Å². The van der Waals surface area contributed by atoms with Gasteiger partial charge in [0, 0.05) is 18.3 Å². The van der Waals surface area contributed by atoms with Crippen molar-refractivity contribution in [2.45, 2.75) is 25.3 Å². The van der Waals surface area contributed by atoms with Crippen molar-refractivity contribution < 1.29 is 24.2 Å². The summed E-state index contributed by atoms with van der Waals surface area (Å²) in [5.74, 6) is -2.17. The number of aliphatic carboxylic acids is 1. The average Bonchev–Trinajstić information content (AvgIpc) is 2.86. The molecule has 0 fully saturated rings. The first-order chi connectivity index (χ1) is 9.02. The molecule has 1 atom stereocenters. The molecule has 8 nitrogen and oxygen atoms in total. The molecule has 0 aliphatic heterocycles. The molecule has 0 aromatic carbocycles. The summed E-state index contributed by atoms with van der Waals surface area (Å²) in [4.78, 5) is 33.5. The number of H-pyrrole nitrogens is 1. The Balaban J connectivity index is 2.46. The second-order valence-electron chi connectivity index (χ2n) is 3.83. The van der Waals surface area contributed by atoms with Gasteiger partial charge < -0.3 is 15.2 Å². The number of hydrogen-bond acceptors (Lipinski definition) is 5. The summed E-state index contributed by atoms with van der Waals surface area (Å²) in [5.41, 5.74) is 0.578. The van der Waals surface area contributed by atoms with E-state index in [1.807, 2.05) is 0 Å². The van der Waals surface area contributed by atoms with Crippen molar-refractivity contribution in [2.24, 2.45) is 0 Å². The molecule has 1 aromatic heterocycles. The molecule has 0 spiro atoms. The van der Waals surface area contributed by atoms with Crippen molar-refractivity contribution in [3.8, 4) is 0 Å². The van der Waals surface area contributed by atoms with Gasteiger partial charge in [-0.1, -0.05) is 0 Å². The number of aromatic amines is 1. The minimum atomic E-state index is -1.19. The molecule has 0 saturated heterocycles. The lowest BCUT2D eigenvalue weighted by molar-refractivity contribution is -0.144. The van der Waals surface area contributed by atoms with E-state index in [0.717, 1.165) is 0 Å². The molecule has 0 aliphatic carbocycles. The Morgan fingerprint density at radius 1 is 1.53 bits per heavy atom. The Labute approximate surface area is 109 Å². The topological polar surface area (TPSA) is 121 Å². The minimum Gasteiger partial charge on any atom is -0.480 e. The molecule has 0 unspecified atom stereocenters. The maximum absolute atomic E-state index is 11.6. The van der Waals surface area contributed by atoms with E-state index in [4.69, 9.17) is 5.11 Å². The lowest BCUT2D eigenvalue weighted by Crippen LogP contribution is -2.41. The van der Waals surface area contributed by atoms with Crippen LogP contribution in [0.5, 0.6) is 0 Å². The largest absolute Gasteiger partial charge is 0.480 e. The first-order valence-corrected chi connectivity index (χ1v) is 5.60. The molecule has 104 valence electrons. The fraction of sp³-hybridized carbons (Fsp3) is 0.455. The van der Waals surface area contributed by atoms with Gasteiger partial charge in [0.15, 0.2) is 0 Å². The van der Waals surface area contributed by atoms with Crippen LogP contribution in [0.3, 0.4) is 0 Å². The first kappa shape index (κ1) is 14.7. The van der Waals surface area contributed by atoms with Crippen LogP contribution < -0.4 is 5.32 Å². The maximum Gasteiger partial charge on any atom is 0.326 e. The second-order valence-corrected chi connectivity index (χ2v) is 3.83. The standard InChI is InChI=1S/C11H15N3O5/c1-19-10(16)3-2-8(11(17)18)13-9(15)6-7-4-5-12-14-7/h4-5,8H,2-3,6H2,1H3,(H,12,14)(H,13,15)(H,17,18)/t8-/m0/s1. The molecule has 1 amide bonds. The number of carbonyl (C=O) groups is 3. The summed E-state index contributed by atoms with van der Waals surface area (Å²) in [7, 11) is 1.22. The highest BCUT2D eigenvalue weighted by molar-refractivity contribution is 5.85. The van der Waals surface area contributed by atoms with Crippen LogP contribution in [-0.2, 0) is 25.5 Å². The zero-order chi connectivity index (χ0) is 14.3. The number of ether oxygens (including phenoxy) is 1. The van der Waals surface area contributed by atoms with Crippen molar-refractivity contribution in [3.63, 3.8) is 0 Å². The van der Waals surface area contributed by atoms with Gasteiger partial charge in [0.25, 0.3) is 0 Å². The average molecular weight is 269 g/mol. The van der Waals surface area contributed by atoms with Crippen molar-refractivity contribution in [2.75, 3.05) is 7.11 Å². The zero-order valence-electron chi connectivity index (χ0n) is 10.4. The quantitative estimate of drug-likeness (QED) is 0.572. The third kappa shape index (κ3) is 5.19. The lowest BCUT2D eigenvalue weighted by atomic mass is 10.1. The fourth-order valence-corrected chi connectivity index (χ4v) is 1.42. The van der Waals surface area contributed by atoms with Crippen molar-refractivity contribution >= 4 is 17.8 Å².